The number of alkyl halides is 5. The molecule has 0 unspecified atom stereocenters. The van der Waals surface area contributed by atoms with Crippen molar-refractivity contribution in [1.29, 1.82) is 0 Å². The van der Waals surface area contributed by atoms with Crippen molar-refractivity contribution in [3.63, 3.8) is 0 Å². The molecule has 14 heteroatoms. The third kappa shape index (κ3) is 4.56. The van der Waals surface area contributed by atoms with E-state index in [1.54, 1.807) is 10.9 Å². The Labute approximate surface area is 208 Å². The van der Waals surface area contributed by atoms with Crippen molar-refractivity contribution in [1.82, 2.24) is 29.3 Å². The Kier molecular flexibility index (Phi) is 6.58. The second-order valence-corrected chi connectivity index (χ2v) is 8.68. The molecule has 0 saturated heterocycles. The lowest BCUT2D eigenvalue weighted by molar-refractivity contribution is -0.291. The summed E-state index contributed by atoms with van der Waals surface area (Å²) in [6, 6.07) is 5.96. The number of halogens is 7. The van der Waals surface area contributed by atoms with Crippen molar-refractivity contribution in [2.45, 2.75) is 32.1 Å². The van der Waals surface area contributed by atoms with Gasteiger partial charge in [0, 0.05) is 25.2 Å². The standard InChI is InChI=1S/C22H17BrF6N6O/c1-3-34-17(14(23)10-30-34)11-33(2)20(36)16-9-19-31-15(12-4-6-13(24)7-5-12)8-18(35(19)32-16)21(25,26)22(27,28)29/h4-10H,3,11H2,1-2H3. The molecule has 7 nitrogen and oxygen atoms in total. The maximum Gasteiger partial charge on any atom is 0.459 e. The molecule has 0 radical (unpaired) electrons. The Balaban J connectivity index is 1.80. The molecule has 0 N–H and O–H groups in total. The lowest BCUT2D eigenvalue weighted by atomic mass is 10.1. The van der Waals surface area contributed by atoms with E-state index in [0.29, 0.717) is 27.3 Å². The summed E-state index contributed by atoms with van der Waals surface area (Å²) >= 11 is 3.34. The molecule has 0 saturated carbocycles. The Morgan fingerprint density at radius 2 is 1.78 bits per heavy atom. The molecule has 1 amide bonds. The van der Waals surface area contributed by atoms with Gasteiger partial charge in [-0.05, 0) is 53.2 Å². The van der Waals surface area contributed by atoms with Crippen molar-refractivity contribution in [2.75, 3.05) is 7.05 Å². The number of aryl methyl sites for hydroxylation is 1. The van der Waals surface area contributed by atoms with Crippen LogP contribution in [0.5, 0.6) is 0 Å². The van der Waals surface area contributed by atoms with Crippen LogP contribution in [0.25, 0.3) is 16.9 Å². The van der Waals surface area contributed by atoms with Gasteiger partial charge in [0.1, 0.15) is 11.5 Å². The van der Waals surface area contributed by atoms with Crippen LogP contribution in [0, 0.1) is 5.82 Å². The van der Waals surface area contributed by atoms with Crippen LogP contribution in [0.2, 0.25) is 0 Å². The van der Waals surface area contributed by atoms with Crippen molar-refractivity contribution < 1.29 is 31.1 Å². The highest BCUT2D eigenvalue weighted by Gasteiger charge is 2.60. The number of rotatable bonds is 6. The van der Waals surface area contributed by atoms with Crippen LogP contribution >= 0.6 is 15.9 Å². The normalized spacial score (nSPS) is 12.4. The number of carbonyl (C=O) groups excluding carboxylic acids is 1. The smallest absolute Gasteiger partial charge is 0.334 e. The predicted molar refractivity (Wildman–Crippen MR) is 120 cm³/mol. The summed E-state index contributed by atoms with van der Waals surface area (Å²) < 4.78 is 84.8. The van der Waals surface area contributed by atoms with Gasteiger partial charge in [0.2, 0.25) is 0 Å². The number of hydrogen-bond donors (Lipinski definition) is 0. The molecule has 0 bridgehead atoms. The fraction of sp³-hybridized carbons (Fsp3) is 0.273. The van der Waals surface area contributed by atoms with Gasteiger partial charge in [0.25, 0.3) is 5.91 Å². The van der Waals surface area contributed by atoms with Crippen LogP contribution in [-0.4, -0.2) is 48.4 Å². The number of nitrogens with zero attached hydrogens (tertiary/aromatic N) is 6. The van der Waals surface area contributed by atoms with E-state index >= 15 is 0 Å². The second-order valence-electron chi connectivity index (χ2n) is 7.82. The van der Waals surface area contributed by atoms with Gasteiger partial charge in [0.05, 0.1) is 28.6 Å². The fourth-order valence-electron chi connectivity index (χ4n) is 3.53. The van der Waals surface area contributed by atoms with Crippen molar-refractivity contribution in [3.05, 3.63) is 70.0 Å². The van der Waals surface area contributed by atoms with Crippen LogP contribution in [-0.2, 0) is 19.0 Å². The van der Waals surface area contributed by atoms with E-state index in [1.807, 2.05) is 6.92 Å². The molecule has 36 heavy (non-hydrogen) atoms. The Bertz CT molecular complexity index is 1430. The van der Waals surface area contributed by atoms with E-state index in [9.17, 15) is 31.1 Å². The summed E-state index contributed by atoms with van der Waals surface area (Å²) in [5.74, 6) is -6.68. The van der Waals surface area contributed by atoms with Crippen molar-refractivity contribution >= 4 is 27.5 Å². The zero-order valence-corrected chi connectivity index (χ0v) is 20.3. The molecule has 0 aliphatic heterocycles. The van der Waals surface area contributed by atoms with E-state index < -0.39 is 35.2 Å². The highest BCUT2D eigenvalue weighted by atomic mass is 79.9. The van der Waals surface area contributed by atoms with Crippen LogP contribution in [0.1, 0.15) is 28.8 Å². The van der Waals surface area contributed by atoms with Crippen molar-refractivity contribution in [2.24, 2.45) is 0 Å². The summed E-state index contributed by atoms with van der Waals surface area (Å²) in [4.78, 5) is 18.3. The largest absolute Gasteiger partial charge is 0.459 e. The lowest BCUT2D eigenvalue weighted by Crippen LogP contribution is -2.36. The van der Waals surface area contributed by atoms with Gasteiger partial charge in [-0.25, -0.2) is 13.9 Å². The summed E-state index contributed by atoms with van der Waals surface area (Å²) in [5.41, 5.74) is -1.86. The lowest BCUT2D eigenvalue weighted by Gasteiger charge is -2.21. The third-order valence-corrected chi connectivity index (χ3v) is 6.06. The Morgan fingerprint density at radius 3 is 2.39 bits per heavy atom. The molecule has 1 aromatic carbocycles. The number of benzene rings is 1. The fourth-order valence-corrected chi connectivity index (χ4v) is 3.95. The number of aromatic nitrogens is 5. The minimum atomic E-state index is -5.95. The molecule has 0 fully saturated rings. The van der Waals surface area contributed by atoms with Gasteiger partial charge >= 0.3 is 12.1 Å². The van der Waals surface area contributed by atoms with E-state index in [0.717, 1.165) is 18.2 Å². The molecule has 0 spiro atoms. The summed E-state index contributed by atoms with van der Waals surface area (Å²) in [6.45, 7) is 2.42. The van der Waals surface area contributed by atoms with Gasteiger partial charge in [-0.15, -0.1) is 0 Å². The monoisotopic (exact) mass is 574 g/mol. The summed E-state index contributed by atoms with van der Waals surface area (Å²) in [6.07, 6.45) is -4.40. The van der Waals surface area contributed by atoms with Crippen LogP contribution in [0.15, 0.2) is 47.1 Å². The zero-order valence-electron chi connectivity index (χ0n) is 18.7. The molecular formula is C22H17BrF6N6O. The molecule has 0 aliphatic rings. The SMILES string of the molecule is CCn1ncc(Br)c1CN(C)C(=O)c1cc2nc(-c3ccc(F)cc3)cc(C(F)(F)C(F)(F)F)n2n1. The maximum atomic E-state index is 14.5. The van der Waals surface area contributed by atoms with Crippen LogP contribution in [0.3, 0.4) is 0 Å². The van der Waals surface area contributed by atoms with Crippen LogP contribution in [0.4, 0.5) is 26.3 Å². The second kappa shape index (κ2) is 9.22. The predicted octanol–water partition coefficient (Wildman–Crippen LogP) is 5.44. The number of fused-ring (bicyclic) bond motifs is 1. The maximum absolute atomic E-state index is 14.5. The topological polar surface area (TPSA) is 68.3 Å². The van der Waals surface area contributed by atoms with Crippen LogP contribution < -0.4 is 0 Å². The van der Waals surface area contributed by atoms with E-state index in [4.69, 9.17) is 0 Å². The minimum absolute atomic E-state index is 0.0565. The first-order valence-corrected chi connectivity index (χ1v) is 11.2. The average Bonchev–Trinajstić information content (AvgIpc) is 3.40. The molecule has 4 aromatic rings. The first kappa shape index (κ1) is 25.7. The van der Waals surface area contributed by atoms with Gasteiger partial charge in [0.15, 0.2) is 11.3 Å². The van der Waals surface area contributed by atoms with Gasteiger partial charge < -0.3 is 4.90 Å². The number of carbonyl (C=O) groups is 1. The van der Waals surface area contributed by atoms with E-state index in [-0.39, 0.29) is 23.5 Å². The molecule has 3 heterocycles. The molecule has 0 aliphatic carbocycles. The van der Waals surface area contributed by atoms with E-state index in [1.165, 1.54) is 24.1 Å². The highest BCUT2D eigenvalue weighted by molar-refractivity contribution is 9.10. The minimum Gasteiger partial charge on any atom is -0.334 e. The number of hydrogen-bond acceptors (Lipinski definition) is 4. The third-order valence-electron chi connectivity index (χ3n) is 5.39. The molecular weight excluding hydrogens is 558 g/mol. The summed E-state index contributed by atoms with van der Waals surface area (Å²) in [7, 11) is 1.42. The Morgan fingerprint density at radius 1 is 1.11 bits per heavy atom. The average molecular weight is 575 g/mol. The summed E-state index contributed by atoms with van der Waals surface area (Å²) in [5, 5.41) is 7.89. The zero-order chi connectivity index (χ0) is 26.4. The number of amides is 1. The molecule has 3 aromatic heterocycles. The first-order chi connectivity index (χ1) is 16.8. The van der Waals surface area contributed by atoms with E-state index in [2.05, 4.69) is 31.1 Å². The van der Waals surface area contributed by atoms with Gasteiger partial charge in [-0.3, -0.25) is 9.48 Å². The quantitative estimate of drug-likeness (QED) is 0.288. The molecule has 190 valence electrons. The molecule has 0 atom stereocenters. The van der Waals surface area contributed by atoms with Crippen molar-refractivity contribution in [3.8, 4) is 11.3 Å². The Hall–Kier alpha value is -3.42. The first-order valence-electron chi connectivity index (χ1n) is 10.4. The van der Waals surface area contributed by atoms with Gasteiger partial charge in [-0.1, -0.05) is 0 Å². The highest BCUT2D eigenvalue weighted by Crippen LogP contribution is 2.44. The molecule has 4 rings (SSSR count). The van der Waals surface area contributed by atoms with Gasteiger partial charge in [-0.2, -0.15) is 32.1 Å².